The quantitative estimate of drug-likeness (QED) is 0.428. The van der Waals surface area contributed by atoms with Gasteiger partial charge in [0.2, 0.25) is 5.95 Å². The van der Waals surface area contributed by atoms with Crippen molar-refractivity contribution in [1.29, 1.82) is 0 Å². The summed E-state index contributed by atoms with van der Waals surface area (Å²) in [6, 6.07) is 13.8. The summed E-state index contributed by atoms with van der Waals surface area (Å²) >= 11 is 0. The van der Waals surface area contributed by atoms with Crippen molar-refractivity contribution in [3.05, 3.63) is 54.9 Å². The normalized spacial score (nSPS) is 16.2. The highest BCUT2D eigenvalue weighted by Crippen LogP contribution is 2.31. The molecule has 1 N–H and O–H groups in total. The summed E-state index contributed by atoms with van der Waals surface area (Å²) in [5.41, 5.74) is 0.863. The van der Waals surface area contributed by atoms with Crippen molar-refractivity contribution < 1.29 is 9.47 Å². The number of nitrogens with one attached hydrogen (secondary N) is 1. The predicted octanol–water partition coefficient (Wildman–Crippen LogP) is 3.82. The van der Waals surface area contributed by atoms with Crippen LogP contribution in [0.4, 0.5) is 23.3 Å². The highest BCUT2D eigenvalue weighted by molar-refractivity contribution is 5.60. The van der Waals surface area contributed by atoms with Crippen LogP contribution in [0.15, 0.2) is 54.9 Å². The van der Waals surface area contributed by atoms with E-state index >= 15 is 0 Å². The summed E-state index contributed by atoms with van der Waals surface area (Å²) < 4.78 is 11.6. The Bertz CT molecular complexity index is 1100. The molecule has 2 aliphatic heterocycles. The Morgan fingerprint density at radius 2 is 1.64 bits per heavy atom. The lowest BCUT2D eigenvalue weighted by Gasteiger charge is -2.36. The van der Waals surface area contributed by atoms with Gasteiger partial charge < -0.3 is 29.5 Å². The maximum atomic E-state index is 6.08. The predicted molar refractivity (Wildman–Crippen MR) is 143 cm³/mol. The van der Waals surface area contributed by atoms with Crippen LogP contribution in [0.25, 0.3) is 0 Å². The third-order valence-electron chi connectivity index (χ3n) is 6.71. The van der Waals surface area contributed by atoms with Gasteiger partial charge in [-0.25, -0.2) is 9.97 Å². The number of hydrogen-bond donors (Lipinski definition) is 1. The molecule has 0 aliphatic carbocycles. The molecule has 2 saturated heterocycles. The lowest BCUT2D eigenvalue weighted by molar-refractivity contribution is 0.254. The molecule has 36 heavy (non-hydrogen) atoms. The monoisotopic (exact) mass is 489 g/mol. The van der Waals surface area contributed by atoms with Crippen LogP contribution in [0.3, 0.4) is 0 Å². The number of likely N-dealkylation sites (tertiary alicyclic amines) is 1. The molecule has 4 heterocycles. The molecule has 2 fully saturated rings. The van der Waals surface area contributed by atoms with Crippen molar-refractivity contribution in [2.75, 3.05) is 74.6 Å². The zero-order chi connectivity index (χ0) is 24.6. The Morgan fingerprint density at radius 1 is 0.833 bits per heavy atom. The Balaban J connectivity index is 1.18. The van der Waals surface area contributed by atoms with Crippen molar-refractivity contribution in [3.8, 4) is 11.5 Å². The Morgan fingerprint density at radius 3 is 2.39 bits per heavy atom. The topological polar surface area (TPSA) is 78.9 Å². The molecule has 9 nitrogen and oxygen atoms in total. The van der Waals surface area contributed by atoms with Crippen LogP contribution < -0.4 is 24.6 Å². The maximum absolute atomic E-state index is 6.08. The van der Waals surface area contributed by atoms with E-state index in [9.17, 15) is 0 Å². The summed E-state index contributed by atoms with van der Waals surface area (Å²) in [7, 11) is 1.67. The lowest BCUT2D eigenvalue weighted by Crippen LogP contribution is -2.47. The largest absolute Gasteiger partial charge is 0.493 e. The average Bonchev–Trinajstić information content (AvgIpc) is 3.46. The second-order valence-corrected chi connectivity index (χ2v) is 9.14. The van der Waals surface area contributed by atoms with Crippen LogP contribution in [0.2, 0.25) is 0 Å². The van der Waals surface area contributed by atoms with Crippen molar-refractivity contribution >= 4 is 23.3 Å². The van der Waals surface area contributed by atoms with E-state index in [1.54, 1.807) is 13.3 Å². The van der Waals surface area contributed by atoms with Crippen LogP contribution in [-0.2, 0) is 0 Å². The molecule has 2 aromatic heterocycles. The van der Waals surface area contributed by atoms with Crippen molar-refractivity contribution in [2.45, 2.75) is 19.3 Å². The van der Waals surface area contributed by atoms with Crippen LogP contribution in [0.5, 0.6) is 11.5 Å². The molecule has 0 spiro atoms. The summed E-state index contributed by atoms with van der Waals surface area (Å²) in [6.45, 7) is 7.73. The summed E-state index contributed by atoms with van der Waals surface area (Å²) in [6.07, 6.45) is 7.27. The number of ether oxygens (including phenoxy) is 2. The molecule has 0 bridgehead atoms. The molecule has 1 aromatic carbocycles. The average molecular weight is 490 g/mol. The van der Waals surface area contributed by atoms with E-state index in [0.717, 1.165) is 68.0 Å². The molecule has 0 unspecified atom stereocenters. The number of nitrogens with zero attached hydrogens (tertiary/aromatic N) is 6. The zero-order valence-corrected chi connectivity index (χ0v) is 21.0. The lowest BCUT2D eigenvalue weighted by atomic mass is 10.2. The molecular weight excluding hydrogens is 454 g/mol. The Kier molecular flexibility index (Phi) is 7.97. The molecule has 9 heteroatoms. The summed E-state index contributed by atoms with van der Waals surface area (Å²) in [5, 5.41) is 3.33. The second-order valence-electron chi connectivity index (χ2n) is 9.14. The van der Waals surface area contributed by atoms with Gasteiger partial charge in [0.1, 0.15) is 11.6 Å². The first kappa shape index (κ1) is 24.1. The van der Waals surface area contributed by atoms with Gasteiger partial charge >= 0.3 is 0 Å². The van der Waals surface area contributed by atoms with E-state index in [-0.39, 0.29) is 0 Å². The van der Waals surface area contributed by atoms with E-state index in [1.807, 2.05) is 42.6 Å². The van der Waals surface area contributed by atoms with E-state index in [1.165, 1.54) is 25.9 Å². The fourth-order valence-corrected chi connectivity index (χ4v) is 4.76. The number of benzene rings is 1. The first-order chi connectivity index (χ1) is 17.8. The van der Waals surface area contributed by atoms with Gasteiger partial charge in [-0.3, -0.25) is 0 Å². The molecule has 0 radical (unpaired) electrons. The molecule has 2 aliphatic rings. The number of piperazine rings is 1. The third-order valence-corrected chi connectivity index (χ3v) is 6.71. The Labute approximate surface area is 213 Å². The number of methoxy groups -OCH3 is 1. The van der Waals surface area contributed by atoms with Crippen molar-refractivity contribution in [3.63, 3.8) is 0 Å². The van der Waals surface area contributed by atoms with E-state index in [2.05, 4.69) is 36.1 Å². The zero-order valence-electron chi connectivity index (χ0n) is 21.0. The van der Waals surface area contributed by atoms with Gasteiger partial charge in [0.25, 0.3) is 0 Å². The minimum Gasteiger partial charge on any atom is -0.493 e. The molecule has 0 atom stereocenters. The molecular formula is C27H35N7O2. The fraction of sp³-hybridized carbons (Fsp3) is 0.444. The Hall–Kier alpha value is -3.59. The summed E-state index contributed by atoms with van der Waals surface area (Å²) in [4.78, 5) is 20.8. The number of pyridine rings is 1. The standard InChI is InChI=1S/C27H35N7O2/c1-35-23-9-8-22(21-24(23)36-20-6-15-32-13-4-5-14-32)30-27-29-12-10-26(31-27)34-18-16-33(17-19-34)25-7-2-3-11-28-25/h2-3,7-12,21H,4-6,13-20H2,1H3,(H,29,30,31). The number of rotatable bonds is 10. The molecule has 0 amide bonds. The van der Waals surface area contributed by atoms with Crippen LogP contribution >= 0.6 is 0 Å². The molecule has 0 saturated carbocycles. The molecule has 5 rings (SSSR count). The number of hydrogen-bond acceptors (Lipinski definition) is 9. The number of anilines is 4. The van der Waals surface area contributed by atoms with Crippen molar-refractivity contribution in [2.24, 2.45) is 0 Å². The van der Waals surface area contributed by atoms with E-state index < -0.39 is 0 Å². The van der Waals surface area contributed by atoms with Gasteiger partial charge in [-0.15, -0.1) is 0 Å². The van der Waals surface area contributed by atoms with Crippen LogP contribution in [0.1, 0.15) is 19.3 Å². The SMILES string of the molecule is COc1ccc(Nc2nccc(N3CCN(c4ccccn4)CC3)n2)cc1OCCCN1CCCC1. The fourth-order valence-electron chi connectivity index (χ4n) is 4.76. The maximum Gasteiger partial charge on any atom is 0.229 e. The van der Waals surface area contributed by atoms with Gasteiger partial charge in [-0.05, 0) is 62.7 Å². The minimum absolute atomic E-state index is 0.560. The first-order valence-electron chi connectivity index (χ1n) is 12.8. The van der Waals surface area contributed by atoms with E-state index in [4.69, 9.17) is 14.5 Å². The van der Waals surface area contributed by atoms with Gasteiger partial charge in [0.05, 0.1) is 13.7 Å². The van der Waals surface area contributed by atoms with Gasteiger partial charge in [-0.2, -0.15) is 4.98 Å². The molecule has 190 valence electrons. The number of aromatic nitrogens is 3. The van der Waals surface area contributed by atoms with Gasteiger partial charge in [-0.1, -0.05) is 6.07 Å². The first-order valence-corrected chi connectivity index (χ1v) is 12.8. The van der Waals surface area contributed by atoms with Gasteiger partial charge in [0, 0.05) is 56.9 Å². The summed E-state index contributed by atoms with van der Waals surface area (Å²) in [5.74, 6) is 3.95. The molecule has 3 aromatic rings. The van der Waals surface area contributed by atoms with Crippen LogP contribution in [-0.4, -0.2) is 79.4 Å². The minimum atomic E-state index is 0.560. The highest BCUT2D eigenvalue weighted by atomic mass is 16.5. The van der Waals surface area contributed by atoms with Crippen LogP contribution in [0, 0.1) is 0 Å². The van der Waals surface area contributed by atoms with Gasteiger partial charge in [0.15, 0.2) is 11.5 Å². The third kappa shape index (κ3) is 6.15. The van der Waals surface area contributed by atoms with Crippen molar-refractivity contribution in [1.82, 2.24) is 19.9 Å². The second kappa shape index (κ2) is 11.9. The van der Waals surface area contributed by atoms with E-state index in [0.29, 0.717) is 12.6 Å². The highest BCUT2D eigenvalue weighted by Gasteiger charge is 2.19. The smallest absolute Gasteiger partial charge is 0.229 e.